The molecule has 144 valence electrons. The number of aromatic nitrogens is 2. The zero-order valence-electron chi connectivity index (χ0n) is 15.4. The monoisotopic (exact) mass is 386 g/mol. The Morgan fingerprint density at radius 1 is 1.00 bits per heavy atom. The molecule has 1 saturated carbocycles. The van der Waals surface area contributed by atoms with Gasteiger partial charge in [-0.25, -0.2) is 0 Å². The van der Waals surface area contributed by atoms with Gasteiger partial charge in [-0.3, -0.25) is 9.59 Å². The van der Waals surface area contributed by atoms with Gasteiger partial charge in [0.2, 0.25) is 16.9 Å². The molecule has 1 aromatic heterocycles. The van der Waals surface area contributed by atoms with E-state index in [0.717, 1.165) is 24.3 Å². The van der Waals surface area contributed by atoms with Crippen molar-refractivity contribution in [3.63, 3.8) is 0 Å². The number of amides is 2. The highest BCUT2D eigenvalue weighted by atomic mass is 32.1. The highest BCUT2D eigenvalue weighted by Crippen LogP contribution is 2.35. The average Bonchev–Trinajstić information content (AvgIpc) is 3.16. The molecular formula is C20H26N4O2S. The fraction of sp³-hybridized carbons (Fsp3) is 0.500. The third kappa shape index (κ3) is 6.43. The summed E-state index contributed by atoms with van der Waals surface area (Å²) < 4.78 is 0. The Balaban J connectivity index is 1.34. The van der Waals surface area contributed by atoms with Crippen molar-refractivity contribution in [2.24, 2.45) is 0 Å². The Morgan fingerprint density at radius 3 is 2.52 bits per heavy atom. The second-order valence-electron chi connectivity index (χ2n) is 6.91. The number of nitrogens with zero attached hydrogens (tertiary/aromatic N) is 2. The van der Waals surface area contributed by atoms with Gasteiger partial charge in [0, 0.05) is 25.3 Å². The molecule has 1 fully saturated rings. The fourth-order valence-corrected chi connectivity index (χ4v) is 4.22. The minimum atomic E-state index is -0.195. The van der Waals surface area contributed by atoms with Crippen molar-refractivity contribution in [3.05, 3.63) is 40.9 Å². The zero-order valence-corrected chi connectivity index (χ0v) is 16.3. The number of carbonyl (C=O) groups excluding carboxylic acids is 2. The van der Waals surface area contributed by atoms with Crippen LogP contribution < -0.4 is 10.6 Å². The predicted molar refractivity (Wildman–Crippen MR) is 107 cm³/mol. The first-order valence-electron chi connectivity index (χ1n) is 9.64. The van der Waals surface area contributed by atoms with Gasteiger partial charge in [-0.05, 0) is 24.8 Å². The maximum Gasteiger partial charge on any atom is 0.226 e. The molecule has 2 N–H and O–H groups in total. The molecule has 0 spiro atoms. The molecule has 1 heterocycles. The maximum atomic E-state index is 12.0. The molecule has 7 heteroatoms. The Labute approximate surface area is 163 Å². The van der Waals surface area contributed by atoms with Crippen molar-refractivity contribution in [1.29, 1.82) is 0 Å². The van der Waals surface area contributed by atoms with Crippen molar-refractivity contribution < 1.29 is 9.59 Å². The highest BCUT2D eigenvalue weighted by molar-refractivity contribution is 7.15. The van der Waals surface area contributed by atoms with Crippen molar-refractivity contribution in [2.45, 2.75) is 57.3 Å². The first-order chi connectivity index (χ1) is 13.2. The fourth-order valence-electron chi connectivity index (χ4n) is 3.29. The van der Waals surface area contributed by atoms with Crippen molar-refractivity contribution in [2.75, 3.05) is 11.9 Å². The van der Waals surface area contributed by atoms with E-state index in [1.807, 2.05) is 30.3 Å². The topological polar surface area (TPSA) is 84.0 Å². The van der Waals surface area contributed by atoms with Crippen molar-refractivity contribution in [1.82, 2.24) is 15.5 Å². The van der Waals surface area contributed by atoms with Gasteiger partial charge in [-0.2, -0.15) is 0 Å². The van der Waals surface area contributed by atoms with Crippen LogP contribution in [0.3, 0.4) is 0 Å². The van der Waals surface area contributed by atoms with E-state index in [1.165, 1.54) is 36.2 Å². The van der Waals surface area contributed by atoms with Gasteiger partial charge in [0.15, 0.2) is 0 Å². The van der Waals surface area contributed by atoms with Crippen molar-refractivity contribution in [3.8, 4) is 0 Å². The van der Waals surface area contributed by atoms with Gasteiger partial charge in [0.1, 0.15) is 5.01 Å². The Bertz CT molecular complexity index is 741. The summed E-state index contributed by atoms with van der Waals surface area (Å²) in [6.45, 7) is 0.575. The quantitative estimate of drug-likeness (QED) is 0.725. The van der Waals surface area contributed by atoms with E-state index in [4.69, 9.17) is 0 Å². The first kappa shape index (κ1) is 19.5. The molecule has 27 heavy (non-hydrogen) atoms. The Hall–Kier alpha value is -2.28. The average molecular weight is 387 g/mol. The lowest BCUT2D eigenvalue weighted by Crippen LogP contribution is -2.26. The smallest absolute Gasteiger partial charge is 0.226 e. The standard InChI is InChI=1S/C20H26N4O2S/c25-17(21-14-13-15-7-3-1-4-8-15)11-12-18(26)22-20-24-23-19(27-20)16-9-5-2-6-10-16/h1,3-4,7-8,16H,2,5-6,9-14H2,(H,21,25)(H,22,24,26). The van der Waals surface area contributed by atoms with Gasteiger partial charge in [-0.1, -0.05) is 60.9 Å². The lowest BCUT2D eigenvalue weighted by molar-refractivity contribution is -0.124. The molecule has 0 saturated heterocycles. The largest absolute Gasteiger partial charge is 0.356 e. The van der Waals surface area contributed by atoms with E-state index in [1.54, 1.807) is 0 Å². The number of hydrogen-bond acceptors (Lipinski definition) is 5. The maximum absolute atomic E-state index is 12.0. The summed E-state index contributed by atoms with van der Waals surface area (Å²) in [6, 6.07) is 9.99. The third-order valence-corrected chi connectivity index (χ3v) is 5.80. The predicted octanol–water partition coefficient (Wildman–Crippen LogP) is 3.66. The normalized spacial score (nSPS) is 14.7. The van der Waals surface area contributed by atoms with Crippen LogP contribution in [0.2, 0.25) is 0 Å². The number of benzene rings is 1. The van der Waals surface area contributed by atoms with Gasteiger partial charge < -0.3 is 10.6 Å². The summed E-state index contributed by atoms with van der Waals surface area (Å²) in [4.78, 5) is 23.9. The number of nitrogens with one attached hydrogen (secondary N) is 2. The summed E-state index contributed by atoms with van der Waals surface area (Å²) in [5.41, 5.74) is 1.18. The number of anilines is 1. The van der Waals surface area contributed by atoms with Crippen LogP contribution in [-0.2, 0) is 16.0 Å². The number of carbonyl (C=O) groups is 2. The molecule has 0 aliphatic heterocycles. The van der Waals surface area contributed by atoms with E-state index >= 15 is 0 Å². The molecule has 2 amide bonds. The minimum Gasteiger partial charge on any atom is -0.356 e. The summed E-state index contributed by atoms with van der Waals surface area (Å²) in [5.74, 6) is 0.179. The van der Waals surface area contributed by atoms with E-state index in [0.29, 0.717) is 17.6 Å². The lowest BCUT2D eigenvalue weighted by Gasteiger charge is -2.18. The first-order valence-corrected chi connectivity index (χ1v) is 10.5. The molecule has 3 rings (SSSR count). The van der Waals surface area contributed by atoms with Crippen LogP contribution in [0.1, 0.15) is 61.4 Å². The van der Waals surface area contributed by atoms with Gasteiger partial charge >= 0.3 is 0 Å². The zero-order chi connectivity index (χ0) is 18.9. The number of hydrogen-bond donors (Lipinski definition) is 2. The lowest BCUT2D eigenvalue weighted by atomic mass is 9.90. The second-order valence-corrected chi connectivity index (χ2v) is 7.92. The van der Waals surface area contributed by atoms with Gasteiger partial charge in [0.05, 0.1) is 0 Å². The molecule has 0 bridgehead atoms. The SMILES string of the molecule is O=C(CCC(=O)Nc1nnc(C2CCCCC2)s1)NCCc1ccccc1. The molecule has 0 atom stereocenters. The van der Waals surface area contributed by atoms with E-state index in [2.05, 4.69) is 20.8 Å². The summed E-state index contributed by atoms with van der Waals surface area (Å²) >= 11 is 1.46. The third-order valence-electron chi connectivity index (χ3n) is 4.80. The second kappa shape index (κ2) is 10.2. The van der Waals surface area contributed by atoms with Crippen LogP contribution in [0.25, 0.3) is 0 Å². The molecule has 0 radical (unpaired) electrons. The van der Waals surface area contributed by atoms with Crippen LogP contribution in [0.4, 0.5) is 5.13 Å². The molecule has 2 aromatic rings. The molecular weight excluding hydrogens is 360 g/mol. The summed E-state index contributed by atoms with van der Waals surface area (Å²) in [6.07, 6.45) is 7.21. The Morgan fingerprint density at radius 2 is 1.74 bits per heavy atom. The van der Waals surface area contributed by atoms with Crippen LogP contribution in [0.5, 0.6) is 0 Å². The van der Waals surface area contributed by atoms with Crippen LogP contribution in [-0.4, -0.2) is 28.6 Å². The Kier molecular flexibility index (Phi) is 7.33. The molecule has 1 aromatic carbocycles. The summed E-state index contributed by atoms with van der Waals surface area (Å²) in [7, 11) is 0. The number of rotatable bonds is 8. The molecule has 6 nitrogen and oxygen atoms in total. The van der Waals surface area contributed by atoms with E-state index in [-0.39, 0.29) is 24.7 Å². The molecule has 0 unspecified atom stereocenters. The van der Waals surface area contributed by atoms with E-state index in [9.17, 15) is 9.59 Å². The van der Waals surface area contributed by atoms with Gasteiger partial charge in [0.25, 0.3) is 0 Å². The summed E-state index contributed by atoms with van der Waals surface area (Å²) in [5, 5.41) is 15.5. The minimum absolute atomic E-state index is 0.110. The van der Waals surface area contributed by atoms with Crippen LogP contribution in [0, 0.1) is 0 Å². The van der Waals surface area contributed by atoms with Gasteiger partial charge in [-0.15, -0.1) is 10.2 Å². The molecule has 1 aliphatic rings. The van der Waals surface area contributed by atoms with E-state index < -0.39 is 0 Å². The van der Waals surface area contributed by atoms with Crippen molar-refractivity contribution >= 4 is 28.3 Å². The highest BCUT2D eigenvalue weighted by Gasteiger charge is 2.20. The van der Waals surface area contributed by atoms with Crippen LogP contribution >= 0.6 is 11.3 Å². The molecule has 1 aliphatic carbocycles. The van der Waals surface area contributed by atoms with Crippen LogP contribution in [0.15, 0.2) is 30.3 Å².